The number of hydrogen-bond donors (Lipinski definition) is 1. The van der Waals surface area contributed by atoms with Crippen LogP contribution >= 0.6 is 11.6 Å². The van der Waals surface area contributed by atoms with Crippen molar-refractivity contribution >= 4 is 34.8 Å². The van der Waals surface area contributed by atoms with Crippen LogP contribution in [0.3, 0.4) is 0 Å². The van der Waals surface area contributed by atoms with Gasteiger partial charge >= 0.3 is 0 Å². The van der Waals surface area contributed by atoms with Gasteiger partial charge in [0.25, 0.3) is 5.91 Å². The first-order chi connectivity index (χ1) is 14.3. The maximum absolute atomic E-state index is 12.7. The van der Waals surface area contributed by atoms with Crippen LogP contribution in [-0.4, -0.2) is 50.0 Å². The molecule has 3 rings (SSSR count). The van der Waals surface area contributed by atoms with E-state index in [4.69, 9.17) is 16.3 Å². The van der Waals surface area contributed by atoms with Crippen molar-refractivity contribution in [2.24, 2.45) is 5.92 Å². The normalized spacial score (nSPS) is 14.1. The molecule has 0 aromatic heterocycles. The number of aryl methyl sites for hydroxylation is 1. The van der Waals surface area contributed by atoms with Crippen molar-refractivity contribution < 1.29 is 14.3 Å². The van der Waals surface area contributed by atoms with Crippen molar-refractivity contribution in [3.05, 3.63) is 52.5 Å². The highest BCUT2D eigenvalue weighted by Gasteiger charge is 2.24. The summed E-state index contributed by atoms with van der Waals surface area (Å²) in [5.74, 6) is 0.507. The first kappa shape index (κ1) is 22.0. The summed E-state index contributed by atoms with van der Waals surface area (Å²) in [5, 5.41) is 3.45. The van der Waals surface area contributed by atoms with Crippen LogP contribution in [0.15, 0.2) is 36.4 Å². The highest BCUT2D eigenvalue weighted by Crippen LogP contribution is 2.31. The Morgan fingerprint density at radius 1 is 1.10 bits per heavy atom. The number of amides is 2. The number of nitrogens with zero attached hydrogens (tertiary/aromatic N) is 2. The minimum atomic E-state index is -0.250. The third kappa shape index (κ3) is 4.70. The van der Waals surface area contributed by atoms with Crippen LogP contribution < -0.4 is 15.0 Å². The molecule has 2 aromatic carbocycles. The van der Waals surface area contributed by atoms with Gasteiger partial charge in [-0.2, -0.15) is 0 Å². The number of ether oxygens (including phenoxy) is 1. The van der Waals surface area contributed by atoms with Crippen molar-refractivity contribution in [1.82, 2.24) is 4.90 Å². The van der Waals surface area contributed by atoms with Gasteiger partial charge in [0.1, 0.15) is 5.75 Å². The molecule has 30 heavy (non-hydrogen) atoms. The average Bonchev–Trinajstić information content (AvgIpc) is 2.73. The summed E-state index contributed by atoms with van der Waals surface area (Å²) >= 11 is 6.53. The van der Waals surface area contributed by atoms with Gasteiger partial charge < -0.3 is 19.9 Å². The van der Waals surface area contributed by atoms with Crippen LogP contribution in [0.5, 0.6) is 5.75 Å². The zero-order valence-electron chi connectivity index (χ0n) is 17.9. The van der Waals surface area contributed by atoms with E-state index in [1.807, 2.05) is 49.9 Å². The second-order valence-electron chi connectivity index (χ2n) is 7.74. The largest absolute Gasteiger partial charge is 0.496 e. The van der Waals surface area contributed by atoms with E-state index >= 15 is 0 Å². The maximum atomic E-state index is 12.7. The zero-order chi connectivity index (χ0) is 21.8. The molecule has 6 nitrogen and oxygen atoms in total. The van der Waals surface area contributed by atoms with Crippen molar-refractivity contribution in [3.8, 4) is 5.75 Å². The standard InChI is InChI=1S/C23H28ClN3O3/c1-15(2)23(29)27-12-10-26(11-13-27)20-9-8-17(14-19(20)24)25-22(28)18-7-5-6-16(3)21(18)30-4/h5-9,14-15H,10-13H2,1-4H3,(H,25,28). The number of piperazine rings is 1. The Kier molecular flexibility index (Phi) is 6.87. The average molecular weight is 430 g/mol. The van der Waals surface area contributed by atoms with E-state index in [9.17, 15) is 9.59 Å². The fraction of sp³-hybridized carbons (Fsp3) is 0.391. The van der Waals surface area contributed by atoms with Gasteiger partial charge in [-0.05, 0) is 36.8 Å². The third-order valence-electron chi connectivity index (χ3n) is 5.29. The highest BCUT2D eigenvalue weighted by molar-refractivity contribution is 6.33. The summed E-state index contributed by atoms with van der Waals surface area (Å²) in [6, 6.07) is 11.0. The molecule has 0 radical (unpaired) electrons. The van der Waals surface area contributed by atoms with Crippen molar-refractivity contribution in [3.63, 3.8) is 0 Å². The van der Waals surface area contributed by atoms with Crippen molar-refractivity contribution in [2.45, 2.75) is 20.8 Å². The number of benzene rings is 2. The summed E-state index contributed by atoms with van der Waals surface area (Å²) in [6.45, 7) is 8.55. The Morgan fingerprint density at radius 2 is 1.80 bits per heavy atom. The number of methoxy groups -OCH3 is 1. The SMILES string of the molecule is COc1c(C)cccc1C(=O)Nc1ccc(N2CCN(C(=O)C(C)C)CC2)c(Cl)c1. The van der Waals surface area contributed by atoms with Gasteiger partial charge in [0, 0.05) is 37.8 Å². The quantitative estimate of drug-likeness (QED) is 0.773. The Hall–Kier alpha value is -2.73. The van der Waals surface area contributed by atoms with Crippen LogP contribution in [0.2, 0.25) is 5.02 Å². The van der Waals surface area contributed by atoms with Gasteiger partial charge in [-0.3, -0.25) is 9.59 Å². The molecule has 1 heterocycles. The molecule has 1 N–H and O–H groups in total. The fourth-order valence-electron chi connectivity index (χ4n) is 3.67. The lowest BCUT2D eigenvalue weighted by Crippen LogP contribution is -2.50. The second-order valence-corrected chi connectivity index (χ2v) is 8.15. The topological polar surface area (TPSA) is 61.9 Å². The second kappa shape index (κ2) is 9.39. The third-order valence-corrected chi connectivity index (χ3v) is 5.59. The predicted octanol–water partition coefficient (Wildman–Crippen LogP) is 4.21. The van der Waals surface area contributed by atoms with Gasteiger partial charge in [0.15, 0.2) is 0 Å². The summed E-state index contributed by atoms with van der Waals surface area (Å²) < 4.78 is 5.38. The molecule has 2 amide bonds. The van der Waals surface area contributed by atoms with Crippen LogP contribution in [0, 0.1) is 12.8 Å². The monoisotopic (exact) mass is 429 g/mol. The molecule has 0 atom stereocenters. The number of carbonyl (C=O) groups is 2. The minimum Gasteiger partial charge on any atom is -0.496 e. The molecule has 2 aromatic rings. The molecule has 1 aliphatic rings. The molecule has 0 bridgehead atoms. The Labute approximate surface area is 182 Å². The Balaban J connectivity index is 1.69. The van der Waals surface area contributed by atoms with Crippen LogP contribution in [0.1, 0.15) is 29.8 Å². The minimum absolute atomic E-state index is 0.00931. The van der Waals surface area contributed by atoms with Crippen LogP contribution in [-0.2, 0) is 4.79 Å². The number of para-hydroxylation sites is 1. The molecular weight excluding hydrogens is 402 g/mol. The first-order valence-corrected chi connectivity index (χ1v) is 10.5. The summed E-state index contributed by atoms with van der Waals surface area (Å²) in [4.78, 5) is 29.0. The van der Waals surface area contributed by atoms with Gasteiger partial charge in [-0.15, -0.1) is 0 Å². The maximum Gasteiger partial charge on any atom is 0.259 e. The number of nitrogens with one attached hydrogen (secondary N) is 1. The lowest BCUT2D eigenvalue weighted by Gasteiger charge is -2.37. The van der Waals surface area contributed by atoms with Crippen LogP contribution in [0.25, 0.3) is 0 Å². The number of anilines is 2. The van der Waals surface area contributed by atoms with Gasteiger partial charge in [-0.1, -0.05) is 37.6 Å². The van der Waals surface area contributed by atoms with Crippen LogP contribution in [0.4, 0.5) is 11.4 Å². The summed E-state index contributed by atoms with van der Waals surface area (Å²) in [6.07, 6.45) is 0. The number of hydrogen-bond acceptors (Lipinski definition) is 4. The van der Waals surface area contributed by atoms with Crippen molar-refractivity contribution in [1.29, 1.82) is 0 Å². The van der Waals surface area contributed by atoms with Crippen molar-refractivity contribution in [2.75, 3.05) is 43.5 Å². The molecule has 0 aliphatic carbocycles. The molecule has 1 saturated heterocycles. The molecule has 0 spiro atoms. The number of carbonyl (C=O) groups excluding carboxylic acids is 2. The van der Waals surface area contributed by atoms with Gasteiger partial charge in [0.2, 0.25) is 5.91 Å². The molecule has 160 valence electrons. The molecule has 1 aliphatic heterocycles. The predicted molar refractivity (Wildman–Crippen MR) is 121 cm³/mol. The number of halogens is 1. The first-order valence-electron chi connectivity index (χ1n) is 10.1. The van der Waals surface area contributed by atoms with Gasteiger partial charge in [-0.25, -0.2) is 0 Å². The number of rotatable bonds is 5. The zero-order valence-corrected chi connectivity index (χ0v) is 18.6. The van der Waals surface area contributed by atoms with E-state index in [1.165, 1.54) is 0 Å². The van der Waals surface area contributed by atoms with E-state index in [0.29, 0.717) is 35.1 Å². The van der Waals surface area contributed by atoms with E-state index in [2.05, 4.69) is 10.2 Å². The smallest absolute Gasteiger partial charge is 0.259 e. The molecule has 1 fully saturated rings. The van der Waals surface area contributed by atoms with E-state index in [1.54, 1.807) is 19.2 Å². The highest BCUT2D eigenvalue weighted by atomic mass is 35.5. The molecule has 0 saturated carbocycles. The van der Waals surface area contributed by atoms with Gasteiger partial charge in [0.05, 0.1) is 23.4 Å². The van der Waals surface area contributed by atoms with E-state index in [0.717, 1.165) is 24.3 Å². The molecule has 0 unspecified atom stereocenters. The lowest BCUT2D eigenvalue weighted by atomic mass is 10.1. The fourth-order valence-corrected chi connectivity index (χ4v) is 3.97. The summed E-state index contributed by atoms with van der Waals surface area (Å²) in [5.41, 5.74) is 2.89. The Bertz CT molecular complexity index is 937. The molecular formula is C23H28ClN3O3. The Morgan fingerprint density at radius 3 is 2.40 bits per heavy atom. The van der Waals surface area contributed by atoms with E-state index < -0.39 is 0 Å². The van der Waals surface area contributed by atoms with E-state index in [-0.39, 0.29) is 17.7 Å². The lowest BCUT2D eigenvalue weighted by molar-refractivity contribution is -0.134. The summed E-state index contributed by atoms with van der Waals surface area (Å²) in [7, 11) is 1.55. The molecule has 7 heteroatoms.